The third-order valence-corrected chi connectivity index (χ3v) is 4.56. The van der Waals surface area contributed by atoms with E-state index in [1.165, 1.54) is 36.0 Å². The second-order valence-electron chi connectivity index (χ2n) is 5.94. The lowest BCUT2D eigenvalue weighted by atomic mass is 10.0. The van der Waals surface area contributed by atoms with Gasteiger partial charge in [-0.3, -0.25) is 4.79 Å². The van der Waals surface area contributed by atoms with Crippen molar-refractivity contribution in [2.45, 2.75) is 38.1 Å². The highest BCUT2D eigenvalue weighted by Gasteiger charge is 2.45. The lowest BCUT2D eigenvalue weighted by molar-refractivity contribution is -0.138. The van der Waals surface area contributed by atoms with Crippen LogP contribution in [-0.2, 0) is 24.1 Å². The van der Waals surface area contributed by atoms with E-state index in [9.17, 15) is 4.79 Å². The van der Waals surface area contributed by atoms with Crippen molar-refractivity contribution in [1.82, 2.24) is 4.90 Å². The molecule has 1 aromatic carbocycles. The number of benzene rings is 1. The van der Waals surface area contributed by atoms with Gasteiger partial charge in [-0.15, -0.1) is 0 Å². The maximum Gasteiger partial charge on any atom is 0.308 e. The van der Waals surface area contributed by atoms with E-state index in [1.54, 1.807) is 0 Å². The van der Waals surface area contributed by atoms with Crippen molar-refractivity contribution in [2.24, 2.45) is 5.92 Å². The first-order chi connectivity index (χ1) is 9.15. The lowest BCUT2D eigenvalue weighted by Crippen LogP contribution is -2.26. The monoisotopic (exact) mass is 259 g/mol. The highest BCUT2D eigenvalue weighted by molar-refractivity contribution is 5.74. The largest absolute Gasteiger partial charge is 0.481 e. The quantitative estimate of drug-likeness (QED) is 0.880. The van der Waals surface area contributed by atoms with Gasteiger partial charge in [-0.1, -0.05) is 18.2 Å². The first kappa shape index (κ1) is 12.7. The molecule has 3 nitrogen and oxygen atoms in total. The Hall–Kier alpha value is -1.35. The molecule has 1 fully saturated rings. The molecule has 0 spiro atoms. The van der Waals surface area contributed by atoms with E-state index < -0.39 is 5.97 Å². The summed E-state index contributed by atoms with van der Waals surface area (Å²) in [5.41, 5.74) is 4.43. The first-order valence-corrected chi connectivity index (χ1v) is 7.19. The molecule has 19 heavy (non-hydrogen) atoms. The fourth-order valence-electron chi connectivity index (χ4n) is 3.19. The molecule has 1 aromatic rings. The van der Waals surface area contributed by atoms with Crippen LogP contribution in [0, 0.1) is 5.92 Å². The molecule has 2 aliphatic rings. The molecule has 0 bridgehead atoms. The van der Waals surface area contributed by atoms with Crippen LogP contribution in [0.3, 0.4) is 0 Å². The Labute approximate surface area is 114 Å². The predicted octanol–water partition coefficient (Wildman–Crippen LogP) is 2.12. The Morgan fingerprint density at radius 2 is 2.16 bits per heavy atom. The molecule has 0 heterocycles. The van der Waals surface area contributed by atoms with Crippen LogP contribution >= 0.6 is 0 Å². The third-order valence-electron chi connectivity index (χ3n) is 4.56. The molecule has 102 valence electrons. The molecule has 0 aromatic heterocycles. The normalized spacial score (nSPS) is 24.5. The molecule has 2 aliphatic carbocycles. The van der Waals surface area contributed by atoms with Crippen LogP contribution in [0.15, 0.2) is 18.2 Å². The summed E-state index contributed by atoms with van der Waals surface area (Å²) in [6.45, 7) is 0.952. The molecule has 1 saturated carbocycles. The molecule has 2 atom stereocenters. The van der Waals surface area contributed by atoms with Crippen LogP contribution in [0.1, 0.15) is 29.5 Å². The van der Waals surface area contributed by atoms with Crippen LogP contribution in [0.25, 0.3) is 0 Å². The molecule has 1 N–H and O–H groups in total. The Morgan fingerprint density at radius 3 is 2.89 bits per heavy atom. The minimum absolute atomic E-state index is 0.134. The molecular formula is C16H21NO2. The molecule has 0 amide bonds. The highest BCUT2D eigenvalue weighted by Crippen LogP contribution is 2.35. The summed E-state index contributed by atoms with van der Waals surface area (Å²) in [7, 11) is 2.04. The van der Waals surface area contributed by atoms with Crippen molar-refractivity contribution < 1.29 is 9.90 Å². The molecule has 2 unspecified atom stereocenters. The minimum Gasteiger partial charge on any atom is -0.481 e. The first-order valence-electron chi connectivity index (χ1n) is 7.19. The number of likely N-dealkylation sites (N-methyl/N-ethyl adjacent to an activating group) is 1. The van der Waals surface area contributed by atoms with Crippen molar-refractivity contribution in [2.75, 3.05) is 13.6 Å². The van der Waals surface area contributed by atoms with Gasteiger partial charge in [-0.25, -0.2) is 0 Å². The second-order valence-corrected chi connectivity index (χ2v) is 5.94. The van der Waals surface area contributed by atoms with E-state index in [1.807, 2.05) is 7.05 Å². The zero-order valence-corrected chi connectivity index (χ0v) is 11.4. The topological polar surface area (TPSA) is 40.5 Å². The van der Waals surface area contributed by atoms with Crippen LogP contribution in [-0.4, -0.2) is 35.6 Å². The Bertz CT molecular complexity index is 498. The van der Waals surface area contributed by atoms with E-state index in [4.69, 9.17) is 5.11 Å². The SMILES string of the molecule is CN(CCc1ccc2c(c1)CCC2)C1CC1C(=O)O. The van der Waals surface area contributed by atoms with E-state index >= 15 is 0 Å². The number of hydrogen-bond donors (Lipinski definition) is 1. The van der Waals surface area contributed by atoms with Crippen molar-refractivity contribution in [1.29, 1.82) is 0 Å². The third kappa shape index (κ3) is 2.66. The molecule has 0 aliphatic heterocycles. The van der Waals surface area contributed by atoms with Gasteiger partial charge in [0.1, 0.15) is 0 Å². The van der Waals surface area contributed by atoms with Crippen LogP contribution < -0.4 is 0 Å². The van der Waals surface area contributed by atoms with Crippen molar-refractivity contribution >= 4 is 5.97 Å². The fourth-order valence-corrected chi connectivity index (χ4v) is 3.19. The number of aryl methyl sites for hydroxylation is 2. The van der Waals surface area contributed by atoms with Gasteiger partial charge in [-0.2, -0.15) is 0 Å². The van der Waals surface area contributed by atoms with Crippen LogP contribution in [0.4, 0.5) is 0 Å². The van der Waals surface area contributed by atoms with Gasteiger partial charge in [0.15, 0.2) is 0 Å². The maximum atomic E-state index is 10.9. The number of fused-ring (bicyclic) bond motifs is 1. The number of carboxylic acids is 1. The van der Waals surface area contributed by atoms with Crippen molar-refractivity contribution in [3.63, 3.8) is 0 Å². The van der Waals surface area contributed by atoms with Gasteiger partial charge < -0.3 is 10.0 Å². The van der Waals surface area contributed by atoms with Crippen LogP contribution in [0.5, 0.6) is 0 Å². The summed E-state index contributed by atoms with van der Waals surface area (Å²) >= 11 is 0. The molecule has 0 radical (unpaired) electrons. The van der Waals surface area contributed by atoms with E-state index in [0.29, 0.717) is 0 Å². The second kappa shape index (κ2) is 4.97. The van der Waals surface area contributed by atoms with Crippen molar-refractivity contribution in [3.8, 4) is 0 Å². The lowest BCUT2D eigenvalue weighted by Gasteiger charge is -2.16. The average Bonchev–Trinajstić information content (AvgIpc) is 3.07. The number of hydrogen-bond acceptors (Lipinski definition) is 2. The van der Waals surface area contributed by atoms with Gasteiger partial charge in [-0.05, 0) is 55.8 Å². The fraction of sp³-hybridized carbons (Fsp3) is 0.562. The van der Waals surface area contributed by atoms with Gasteiger partial charge >= 0.3 is 5.97 Å². The molecule has 3 rings (SSSR count). The number of nitrogens with zero attached hydrogens (tertiary/aromatic N) is 1. The Kier molecular flexibility index (Phi) is 3.31. The smallest absolute Gasteiger partial charge is 0.308 e. The zero-order valence-electron chi connectivity index (χ0n) is 11.4. The Morgan fingerprint density at radius 1 is 1.37 bits per heavy atom. The highest BCUT2D eigenvalue weighted by atomic mass is 16.4. The zero-order chi connectivity index (χ0) is 13.4. The summed E-state index contributed by atoms with van der Waals surface area (Å²) < 4.78 is 0. The van der Waals surface area contributed by atoms with E-state index in [2.05, 4.69) is 23.1 Å². The van der Waals surface area contributed by atoms with Crippen LogP contribution in [0.2, 0.25) is 0 Å². The molecule has 0 saturated heterocycles. The molecular weight excluding hydrogens is 238 g/mol. The molecule has 3 heteroatoms. The summed E-state index contributed by atoms with van der Waals surface area (Å²) in [6, 6.07) is 7.11. The van der Waals surface area contributed by atoms with E-state index in [-0.39, 0.29) is 12.0 Å². The van der Waals surface area contributed by atoms with E-state index in [0.717, 1.165) is 19.4 Å². The van der Waals surface area contributed by atoms with Gasteiger partial charge in [0, 0.05) is 12.6 Å². The predicted molar refractivity (Wildman–Crippen MR) is 74.3 cm³/mol. The standard InChI is InChI=1S/C16H21NO2/c1-17(15-10-14(15)16(18)19)8-7-11-5-6-12-3-2-4-13(12)9-11/h5-6,9,14-15H,2-4,7-8,10H2,1H3,(H,18,19). The van der Waals surface area contributed by atoms with Gasteiger partial charge in [0.25, 0.3) is 0 Å². The van der Waals surface area contributed by atoms with Gasteiger partial charge in [0.05, 0.1) is 5.92 Å². The average molecular weight is 259 g/mol. The number of carboxylic acid groups (broad SMARTS) is 1. The number of aliphatic carboxylic acids is 1. The van der Waals surface area contributed by atoms with Gasteiger partial charge in [0.2, 0.25) is 0 Å². The maximum absolute atomic E-state index is 10.9. The number of carbonyl (C=O) groups is 1. The summed E-state index contributed by atoms with van der Waals surface area (Å²) in [5, 5.41) is 8.94. The minimum atomic E-state index is -0.644. The number of rotatable bonds is 5. The Balaban J connectivity index is 1.54. The summed E-state index contributed by atoms with van der Waals surface area (Å²) in [4.78, 5) is 13.1. The van der Waals surface area contributed by atoms with Crippen molar-refractivity contribution in [3.05, 3.63) is 34.9 Å². The summed E-state index contributed by atoms with van der Waals surface area (Å²) in [6.07, 6.45) is 5.59. The summed E-state index contributed by atoms with van der Waals surface area (Å²) in [5.74, 6) is -0.778.